The molecule has 37 heavy (non-hydrogen) atoms. The zero-order valence-electron chi connectivity index (χ0n) is 21.7. The van der Waals surface area contributed by atoms with E-state index in [-0.39, 0.29) is 36.5 Å². The number of halogens is 2. The molecule has 1 saturated carbocycles. The first-order chi connectivity index (χ1) is 17.6. The summed E-state index contributed by atoms with van der Waals surface area (Å²) in [4.78, 5) is 25.8. The Bertz CT molecular complexity index is 1270. The molecular weight excluding hydrogens is 476 g/mol. The lowest BCUT2D eigenvalue weighted by Gasteiger charge is -2.29. The van der Waals surface area contributed by atoms with Gasteiger partial charge in [-0.1, -0.05) is 50.2 Å². The van der Waals surface area contributed by atoms with E-state index in [1.54, 1.807) is 28.9 Å². The highest BCUT2D eigenvalue weighted by atomic mass is 19.3. The number of amides is 1. The molecule has 1 aliphatic rings. The summed E-state index contributed by atoms with van der Waals surface area (Å²) >= 11 is 0. The zero-order valence-corrected chi connectivity index (χ0v) is 21.7. The normalized spacial score (nSPS) is 15.5. The van der Waals surface area contributed by atoms with Crippen molar-refractivity contribution < 1.29 is 23.1 Å². The van der Waals surface area contributed by atoms with Crippen molar-refractivity contribution in [2.75, 3.05) is 7.11 Å². The third-order valence-corrected chi connectivity index (χ3v) is 6.99. The Morgan fingerprint density at radius 2 is 1.76 bits per heavy atom. The van der Waals surface area contributed by atoms with Gasteiger partial charge in [-0.25, -0.2) is 8.78 Å². The summed E-state index contributed by atoms with van der Waals surface area (Å²) in [6, 6.07) is 14.4. The molecule has 0 bridgehead atoms. The fraction of sp³-hybridized carbons (Fsp3) is 0.414. The minimum atomic E-state index is -2.63. The molecular formula is C29H33F2N3O3. The molecule has 0 saturated heterocycles. The van der Waals surface area contributed by atoms with Gasteiger partial charge in [-0.15, -0.1) is 0 Å². The second-order valence-corrected chi connectivity index (χ2v) is 9.94. The molecule has 1 N–H and O–H groups in total. The van der Waals surface area contributed by atoms with Gasteiger partial charge in [-0.3, -0.25) is 14.3 Å². The minimum Gasteiger partial charge on any atom is -0.496 e. The number of alkyl halides is 2. The van der Waals surface area contributed by atoms with Crippen LogP contribution < -0.4 is 10.1 Å². The average Bonchev–Trinajstić information content (AvgIpc) is 3.23. The van der Waals surface area contributed by atoms with Crippen molar-refractivity contribution in [2.24, 2.45) is 5.92 Å². The Hall–Kier alpha value is -3.55. The quantitative estimate of drug-likeness (QED) is 0.357. The standard InChI is InChI=1S/C29H33F2N3O3/c1-18(2)27(35)25-19(3)34(22-13-15-29(30,31)16-14-22)33-26(25)21-11-9-20(10-12-21)17-32-28(36)23-7-5-6-8-24(23)37-4/h5-12,18,22H,13-17H2,1-4H3,(H,32,36). The van der Waals surface area contributed by atoms with E-state index in [9.17, 15) is 18.4 Å². The lowest BCUT2D eigenvalue weighted by Crippen LogP contribution is -2.27. The van der Waals surface area contributed by atoms with Crippen LogP contribution in [0.25, 0.3) is 11.3 Å². The van der Waals surface area contributed by atoms with Crippen LogP contribution in [-0.2, 0) is 6.54 Å². The molecule has 1 heterocycles. The summed E-state index contributed by atoms with van der Waals surface area (Å²) in [6.07, 6.45) is 0.314. The molecule has 1 amide bonds. The van der Waals surface area contributed by atoms with Crippen molar-refractivity contribution >= 4 is 11.7 Å². The number of rotatable bonds is 8. The first kappa shape index (κ1) is 26.5. The number of hydrogen-bond acceptors (Lipinski definition) is 4. The maximum atomic E-state index is 13.7. The van der Waals surface area contributed by atoms with Crippen LogP contribution >= 0.6 is 0 Å². The third kappa shape index (κ3) is 5.73. The number of hydrogen-bond donors (Lipinski definition) is 1. The fourth-order valence-electron chi connectivity index (χ4n) is 4.82. The largest absolute Gasteiger partial charge is 0.496 e. The lowest BCUT2D eigenvalue weighted by atomic mass is 9.92. The molecule has 196 valence electrons. The SMILES string of the molecule is COc1ccccc1C(=O)NCc1ccc(-c2nn(C3CCC(F)(F)CC3)c(C)c2C(=O)C(C)C)cc1. The number of ketones is 1. The van der Waals surface area contributed by atoms with E-state index < -0.39 is 5.92 Å². The molecule has 1 fully saturated rings. The molecule has 2 aromatic carbocycles. The molecule has 3 aromatic rings. The number of nitrogens with one attached hydrogen (secondary N) is 1. The van der Waals surface area contributed by atoms with E-state index in [1.165, 1.54) is 7.11 Å². The number of para-hydroxylation sites is 1. The van der Waals surface area contributed by atoms with Crippen molar-refractivity contribution in [2.45, 2.75) is 65.0 Å². The Labute approximate surface area is 216 Å². The number of ether oxygens (including phenoxy) is 1. The Balaban J connectivity index is 1.56. The molecule has 8 heteroatoms. The number of benzene rings is 2. The van der Waals surface area contributed by atoms with E-state index in [2.05, 4.69) is 5.32 Å². The summed E-state index contributed by atoms with van der Waals surface area (Å²) in [6.45, 7) is 5.86. The van der Waals surface area contributed by atoms with Gasteiger partial charge >= 0.3 is 0 Å². The summed E-state index contributed by atoms with van der Waals surface area (Å²) in [5.74, 6) is -2.61. The summed E-state index contributed by atoms with van der Waals surface area (Å²) in [5, 5.41) is 7.69. The number of carbonyl (C=O) groups is 2. The van der Waals surface area contributed by atoms with Crippen LogP contribution in [0.3, 0.4) is 0 Å². The minimum absolute atomic E-state index is 0.0203. The van der Waals surface area contributed by atoms with Gasteiger partial charge in [0, 0.05) is 36.6 Å². The number of nitrogens with zero attached hydrogens (tertiary/aromatic N) is 2. The molecule has 0 unspecified atom stereocenters. The zero-order chi connectivity index (χ0) is 26.7. The van der Waals surface area contributed by atoms with Crippen LogP contribution in [0.1, 0.15) is 77.5 Å². The maximum Gasteiger partial charge on any atom is 0.255 e. The van der Waals surface area contributed by atoms with Crippen LogP contribution in [-0.4, -0.2) is 34.5 Å². The van der Waals surface area contributed by atoms with Crippen molar-refractivity contribution in [3.8, 4) is 17.0 Å². The van der Waals surface area contributed by atoms with Crippen LogP contribution in [0.2, 0.25) is 0 Å². The van der Waals surface area contributed by atoms with Crippen molar-refractivity contribution in [3.05, 3.63) is 70.9 Å². The molecule has 0 aliphatic heterocycles. The Morgan fingerprint density at radius 3 is 2.38 bits per heavy atom. The first-order valence-corrected chi connectivity index (χ1v) is 12.6. The van der Waals surface area contributed by atoms with E-state index in [0.717, 1.165) is 16.8 Å². The molecule has 0 atom stereocenters. The highest BCUT2D eigenvalue weighted by molar-refractivity contribution is 6.03. The summed E-state index contributed by atoms with van der Waals surface area (Å²) < 4.78 is 34.5. The van der Waals surface area contributed by atoms with Gasteiger partial charge in [-0.05, 0) is 37.5 Å². The maximum absolute atomic E-state index is 13.7. The van der Waals surface area contributed by atoms with Crippen LogP contribution in [0.15, 0.2) is 48.5 Å². The number of methoxy groups -OCH3 is 1. The van der Waals surface area contributed by atoms with E-state index >= 15 is 0 Å². The van der Waals surface area contributed by atoms with E-state index in [4.69, 9.17) is 9.84 Å². The number of carbonyl (C=O) groups excluding carboxylic acids is 2. The molecule has 1 aromatic heterocycles. The molecule has 6 nitrogen and oxygen atoms in total. The number of aromatic nitrogens is 2. The van der Waals surface area contributed by atoms with Gasteiger partial charge in [0.2, 0.25) is 5.92 Å². The Morgan fingerprint density at radius 1 is 1.11 bits per heavy atom. The topological polar surface area (TPSA) is 73.2 Å². The second kappa shape index (κ2) is 10.8. The summed E-state index contributed by atoms with van der Waals surface area (Å²) in [7, 11) is 1.52. The third-order valence-electron chi connectivity index (χ3n) is 6.99. The van der Waals surface area contributed by atoms with Crippen LogP contribution in [0.4, 0.5) is 8.78 Å². The van der Waals surface area contributed by atoms with Gasteiger partial charge in [0.1, 0.15) is 11.4 Å². The van der Waals surface area contributed by atoms with Crippen molar-refractivity contribution in [1.82, 2.24) is 15.1 Å². The molecule has 1 aliphatic carbocycles. The van der Waals surface area contributed by atoms with Gasteiger partial charge < -0.3 is 10.1 Å². The Kier molecular flexibility index (Phi) is 7.76. The first-order valence-electron chi connectivity index (χ1n) is 12.6. The number of Topliss-reactive ketones (excluding diaryl/α,β-unsaturated/α-hetero) is 1. The molecule has 0 radical (unpaired) electrons. The highest BCUT2D eigenvalue weighted by Crippen LogP contribution is 2.40. The van der Waals surface area contributed by atoms with E-state index in [0.29, 0.717) is 42.0 Å². The lowest BCUT2D eigenvalue weighted by molar-refractivity contribution is -0.0451. The van der Waals surface area contributed by atoms with Gasteiger partial charge in [0.05, 0.1) is 24.3 Å². The highest BCUT2D eigenvalue weighted by Gasteiger charge is 2.37. The van der Waals surface area contributed by atoms with Gasteiger partial charge in [0.15, 0.2) is 5.78 Å². The van der Waals surface area contributed by atoms with Crippen LogP contribution in [0, 0.1) is 12.8 Å². The average molecular weight is 510 g/mol. The van der Waals surface area contributed by atoms with Crippen LogP contribution in [0.5, 0.6) is 5.75 Å². The van der Waals surface area contributed by atoms with Gasteiger partial charge in [-0.2, -0.15) is 5.10 Å². The predicted molar refractivity (Wildman–Crippen MR) is 138 cm³/mol. The predicted octanol–water partition coefficient (Wildman–Crippen LogP) is 6.39. The summed E-state index contributed by atoms with van der Waals surface area (Å²) in [5.41, 5.74) is 3.95. The van der Waals surface area contributed by atoms with E-state index in [1.807, 2.05) is 45.0 Å². The van der Waals surface area contributed by atoms with Crippen molar-refractivity contribution in [1.29, 1.82) is 0 Å². The van der Waals surface area contributed by atoms with Gasteiger partial charge in [0.25, 0.3) is 5.91 Å². The monoisotopic (exact) mass is 509 g/mol. The van der Waals surface area contributed by atoms with Crippen molar-refractivity contribution in [3.63, 3.8) is 0 Å². The molecule has 4 rings (SSSR count). The molecule has 0 spiro atoms. The smallest absolute Gasteiger partial charge is 0.255 e. The fourth-order valence-corrected chi connectivity index (χ4v) is 4.82. The second-order valence-electron chi connectivity index (χ2n) is 9.94.